The van der Waals surface area contributed by atoms with E-state index >= 15 is 0 Å². The van der Waals surface area contributed by atoms with Gasteiger partial charge in [0.05, 0.1) is 7.11 Å². The summed E-state index contributed by atoms with van der Waals surface area (Å²) in [6, 6.07) is 9.03. The Hall–Kier alpha value is -0.539. The molecule has 8 heteroatoms. The van der Waals surface area contributed by atoms with Crippen molar-refractivity contribution in [2.45, 2.75) is 6.61 Å². The molecule has 0 fully saturated rings. The normalized spacial score (nSPS) is 10.8. The maximum atomic E-state index is 13.9. The largest absolute Gasteiger partial charge is 1.00 e. The van der Waals surface area contributed by atoms with E-state index in [4.69, 9.17) is 9.47 Å². The van der Waals surface area contributed by atoms with Gasteiger partial charge in [0.25, 0.3) is 0 Å². The van der Waals surface area contributed by atoms with Crippen LogP contribution in [0.2, 0.25) is 0 Å². The van der Waals surface area contributed by atoms with Crippen molar-refractivity contribution in [3.63, 3.8) is 0 Å². The molecular weight excluding hydrogens is 326 g/mol. The van der Waals surface area contributed by atoms with Crippen LogP contribution in [0.1, 0.15) is 5.56 Å². The molecule has 0 saturated carbocycles. The van der Waals surface area contributed by atoms with E-state index in [9.17, 15) is 17.3 Å². The van der Waals surface area contributed by atoms with Crippen molar-refractivity contribution in [1.29, 1.82) is 0 Å². The fourth-order valence-electron chi connectivity index (χ4n) is 1.79. The van der Waals surface area contributed by atoms with Crippen molar-refractivity contribution >= 4 is 12.4 Å². The Balaban J connectivity index is 0.00000242. The molecular formula is C14H12BF4KO2. The van der Waals surface area contributed by atoms with Crippen LogP contribution in [0.5, 0.6) is 11.5 Å². The number of ether oxygens (including phenoxy) is 2. The second kappa shape index (κ2) is 8.35. The quantitative estimate of drug-likeness (QED) is 0.583. The van der Waals surface area contributed by atoms with Crippen LogP contribution in [-0.4, -0.2) is 14.1 Å². The van der Waals surface area contributed by atoms with Gasteiger partial charge < -0.3 is 22.4 Å². The average molecular weight is 338 g/mol. The van der Waals surface area contributed by atoms with Crippen LogP contribution >= 0.6 is 0 Å². The van der Waals surface area contributed by atoms with Gasteiger partial charge in [-0.3, -0.25) is 0 Å². The third kappa shape index (κ3) is 4.99. The minimum atomic E-state index is -5.09. The topological polar surface area (TPSA) is 18.5 Å². The van der Waals surface area contributed by atoms with E-state index in [1.54, 1.807) is 6.07 Å². The number of rotatable bonds is 5. The third-order valence-electron chi connectivity index (χ3n) is 2.89. The SMILES string of the molecule is COc1cccc(COc2cccc([B-](F)(F)F)c2)c1F.[K+]. The molecule has 0 aliphatic heterocycles. The Bertz CT molecular complexity index is 634. The van der Waals surface area contributed by atoms with Crippen LogP contribution in [0.25, 0.3) is 0 Å². The molecule has 22 heavy (non-hydrogen) atoms. The van der Waals surface area contributed by atoms with Crippen molar-refractivity contribution in [2.24, 2.45) is 0 Å². The Morgan fingerprint density at radius 3 is 2.36 bits per heavy atom. The van der Waals surface area contributed by atoms with Crippen LogP contribution in [0.4, 0.5) is 17.3 Å². The zero-order valence-electron chi connectivity index (χ0n) is 12.2. The number of benzene rings is 2. The molecule has 0 aliphatic rings. The standard InChI is InChI=1S/C14H12BF4O2.K/c1-20-13-7-2-4-10(14(13)16)9-21-12-6-3-5-11(8-12)15(17,18)19;/h2-8H,9H2,1H3;/q-1;+1. The van der Waals surface area contributed by atoms with E-state index in [2.05, 4.69) is 0 Å². The monoisotopic (exact) mass is 338 g/mol. The van der Waals surface area contributed by atoms with E-state index in [1.807, 2.05) is 0 Å². The average Bonchev–Trinajstić information content (AvgIpc) is 2.45. The number of hydrogen-bond acceptors (Lipinski definition) is 2. The molecule has 0 spiro atoms. The van der Waals surface area contributed by atoms with Crippen molar-refractivity contribution in [3.8, 4) is 11.5 Å². The number of halogens is 4. The van der Waals surface area contributed by atoms with E-state index < -0.39 is 18.3 Å². The van der Waals surface area contributed by atoms with Gasteiger partial charge in [0.15, 0.2) is 11.6 Å². The van der Waals surface area contributed by atoms with E-state index in [0.717, 1.165) is 12.1 Å². The van der Waals surface area contributed by atoms with E-state index in [1.165, 1.54) is 31.4 Å². The van der Waals surface area contributed by atoms with Gasteiger partial charge in [0.2, 0.25) is 0 Å². The van der Waals surface area contributed by atoms with E-state index in [-0.39, 0.29) is 75.1 Å². The molecule has 0 unspecified atom stereocenters. The van der Waals surface area contributed by atoms with Crippen molar-refractivity contribution in [1.82, 2.24) is 0 Å². The molecule has 0 amide bonds. The molecule has 2 nitrogen and oxygen atoms in total. The second-order valence-electron chi connectivity index (χ2n) is 4.37. The van der Waals surface area contributed by atoms with Gasteiger partial charge in [0.1, 0.15) is 12.4 Å². The predicted octanol–water partition coefficient (Wildman–Crippen LogP) is 0.472. The summed E-state index contributed by atoms with van der Waals surface area (Å²) in [4.78, 5) is 0. The molecule has 0 aliphatic carbocycles. The minimum absolute atomic E-state index is 0. The van der Waals surface area contributed by atoms with E-state index in [0.29, 0.717) is 0 Å². The maximum absolute atomic E-state index is 13.9. The van der Waals surface area contributed by atoms with Crippen molar-refractivity contribution in [3.05, 3.63) is 53.8 Å². The third-order valence-corrected chi connectivity index (χ3v) is 2.89. The summed E-state index contributed by atoms with van der Waals surface area (Å²) in [5.74, 6) is -0.492. The molecule has 0 bridgehead atoms. The van der Waals surface area contributed by atoms with Gasteiger partial charge in [-0.25, -0.2) is 4.39 Å². The van der Waals surface area contributed by atoms with Gasteiger partial charge in [-0.15, -0.1) is 5.46 Å². The van der Waals surface area contributed by atoms with Gasteiger partial charge >= 0.3 is 58.4 Å². The van der Waals surface area contributed by atoms with Crippen molar-refractivity contribution in [2.75, 3.05) is 7.11 Å². The summed E-state index contributed by atoms with van der Waals surface area (Å²) in [7, 11) is 1.33. The summed E-state index contributed by atoms with van der Waals surface area (Å²) in [5.41, 5.74) is -0.545. The maximum Gasteiger partial charge on any atom is 1.00 e. The predicted molar refractivity (Wildman–Crippen MR) is 72.4 cm³/mol. The summed E-state index contributed by atoms with van der Waals surface area (Å²) < 4.78 is 61.8. The zero-order valence-corrected chi connectivity index (χ0v) is 15.3. The molecule has 2 aromatic carbocycles. The molecule has 112 valence electrons. The Morgan fingerprint density at radius 2 is 1.73 bits per heavy atom. The summed E-state index contributed by atoms with van der Waals surface area (Å²) in [6.45, 7) is -5.27. The first kappa shape index (κ1) is 19.5. The summed E-state index contributed by atoms with van der Waals surface area (Å²) in [5, 5.41) is 0. The fourth-order valence-corrected chi connectivity index (χ4v) is 1.79. The number of methoxy groups -OCH3 is 1. The molecule has 2 aromatic rings. The second-order valence-corrected chi connectivity index (χ2v) is 4.37. The van der Waals surface area contributed by atoms with Crippen LogP contribution in [-0.2, 0) is 6.61 Å². The molecule has 0 aromatic heterocycles. The summed E-state index contributed by atoms with van der Waals surface area (Å²) in [6.07, 6.45) is 0. The van der Waals surface area contributed by atoms with Crippen LogP contribution in [0.15, 0.2) is 42.5 Å². The molecule has 0 saturated heterocycles. The molecule has 0 heterocycles. The molecule has 0 N–H and O–H groups in total. The van der Waals surface area contributed by atoms with Gasteiger partial charge in [0, 0.05) is 5.56 Å². The Labute approximate surface area is 168 Å². The van der Waals surface area contributed by atoms with Gasteiger partial charge in [-0.2, -0.15) is 0 Å². The molecule has 2 rings (SSSR count). The molecule has 0 radical (unpaired) electrons. The first-order valence-corrected chi connectivity index (χ1v) is 6.16. The first-order valence-electron chi connectivity index (χ1n) is 6.16. The number of hydrogen-bond donors (Lipinski definition) is 0. The Kier molecular flexibility index (Phi) is 7.41. The smallest absolute Gasteiger partial charge is 0.494 e. The fraction of sp³-hybridized carbons (Fsp3) is 0.143. The van der Waals surface area contributed by atoms with Gasteiger partial charge in [-0.05, 0) is 18.2 Å². The Morgan fingerprint density at radius 1 is 1.05 bits per heavy atom. The van der Waals surface area contributed by atoms with Crippen LogP contribution in [0, 0.1) is 5.82 Å². The zero-order chi connectivity index (χ0) is 15.5. The summed E-state index contributed by atoms with van der Waals surface area (Å²) >= 11 is 0. The van der Waals surface area contributed by atoms with Crippen molar-refractivity contribution < 1.29 is 78.2 Å². The minimum Gasteiger partial charge on any atom is -0.494 e. The van der Waals surface area contributed by atoms with Crippen LogP contribution in [0.3, 0.4) is 0 Å². The van der Waals surface area contributed by atoms with Crippen LogP contribution < -0.4 is 66.3 Å². The first-order chi connectivity index (χ1) is 9.91. The molecule has 0 atom stereocenters. The van der Waals surface area contributed by atoms with Gasteiger partial charge in [-0.1, -0.05) is 24.3 Å².